The monoisotopic (exact) mass is 338 g/mol. The van der Waals surface area contributed by atoms with E-state index >= 15 is 0 Å². The number of nitrogens with zero attached hydrogens (tertiary/aromatic N) is 3. The number of carboxylic acids is 1. The summed E-state index contributed by atoms with van der Waals surface area (Å²) in [5, 5.41) is 14.2. The zero-order chi connectivity index (χ0) is 17.4. The van der Waals surface area contributed by atoms with Crippen molar-refractivity contribution in [2.24, 2.45) is 0 Å². The lowest BCUT2D eigenvalue weighted by atomic mass is 10.0. The van der Waals surface area contributed by atoms with Gasteiger partial charge in [-0.15, -0.1) is 0 Å². The van der Waals surface area contributed by atoms with Crippen molar-refractivity contribution < 1.29 is 14.7 Å². The Kier molecular flexibility index (Phi) is 3.76. The maximum absolute atomic E-state index is 13.0. The zero-order valence-corrected chi connectivity index (χ0v) is 13.6. The molecule has 1 atom stereocenters. The number of nitrogens with one attached hydrogen (secondary N) is 1. The number of para-hydroxylation sites is 1. The molecule has 1 fully saturated rings. The van der Waals surface area contributed by atoms with Crippen molar-refractivity contribution in [3.05, 3.63) is 54.0 Å². The number of hydrogen-bond donors (Lipinski definition) is 2. The lowest BCUT2D eigenvalue weighted by Gasteiger charge is -2.33. The molecular formula is C18H18N4O3. The van der Waals surface area contributed by atoms with Gasteiger partial charge in [0, 0.05) is 30.9 Å². The molecule has 4 rings (SSSR count). The first-order chi connectivity index (χ1) is 12.1. The molecule has 1 aromatic carbocycles. The summed E-state index contributed by atoms with van der Waals surface area (Å²) in [6, 6.07) is 7.63. The van der Waals surface area contributed by atoms with Crippen molar-refractivity contribution in [3.8, 4) is 0 Å². The SMILES string of the molecule is O=C(O)c1cnn([C@@H]2CCCN(C(=O)c3cccc4cc[nH]c34)C2)c1. The average molecular weight is 338 g/mol. The Morgan fingerprint density at radius 2 is 2.16 bits per heavy atom. The molecule has 2 N–H and O–H groups in total. The first-order valence-corrected chi connectivity index (χ1v) is 8.26. The van der Waals surface area contributed by atoms with Gasteiger partial charge >= 0.3 is 5.97 Å². The third-order valence-electron chi connectivity index (χ3n) is 4.72. The Balaban J connectivity index is 1.57. The van der Waals surface area contributed by atoms with Crippen LogP contribution in [0.4, 0.5) is 0 Å². The van der Waals surface area contributed by atoms with E-state index in [0.717, 1.165) is 23.7 Å². The van der Waals surface area contributed by atoms with Gasteiger partial charge in [0.25, 0.3) is 5.91 Å². The Morgan fingerprint density at radius 3 is 2.96 bits per heavy atom. The van der Waals surface area contributed by atoms with Crippen LogP contribution < -0.4 is 0 Å². The summed E-state index contributed by atoms with van der Waals surface area (Å²) in [5.41, 5.74) is 1.68. The number of piperidine rings is 1. The van der Waals surface area contributed by atoms with Gasteiger partial charge in [0.1, 0.15) is 0 Å². The Labute approximate surface area is 143 Å². The fraction of sp³-hybridized carbons (Fsp3) is 0.278. The number of aromatic carboxylic acids is 1. The summed E-state index contributed by atoms with van der Waals surface area (Å²) in [4.78, 5) is 29.0. The van der Waals surface area contributed by atoms with Crippen molar-refractivity contribution in [2.75, 3.05) is 13.1 Å². The van der Waals surface area contributed by atoms with Gasteiger partial charge in [-0.25, -0.2) is 4.79 Å². The largest absolute Gasteiger partial charge is 0.478 e. The normalized spacial score (nSPS) is 17.8. The number of carbonyl (C=O) groups is 2. The second-order valence-corrected chi connectivity index (χ2v) is 6.31. The topological polar surface area (TPSA) is 91.2 Å². The van der Waals surface area contributed by atoms with E-state index in [0.29, 0.717) is 18.7 Å². The number of fused-ring (bicyclic) bond motifs is 1. The van der Waals surface area contributed by atoms with Gasteiger partial charge in [-0.3, -0.25) is 9.48 Å². The molecule has 128 valence electrons. The van der Waals surface area contributed by atoms with Crippen molar-refractivity contribution in [1.29, 1.82) is 0 Å². The van der Waals surface area contributed by atoms with Crippen LogP contribution in [0.3, 0.4) is 0 Å². The van der Waals surface area contributed by atoms with Crippen LogP contribution in [0.5, 0.6) is 0 Å². The number of amides is 1. The van der Waals surface area contributed by atoms with Gasteiger partial charge in [-0.2, -0.15) is 5.10 Å². The number of carbonyl (C=O) groups excluding carboxylic acids is 1. The summed E-state index contributed by atoms with van der Waals surface area (Å²) >= 11 is 0. The highest BCUT2D eigenvalue weighted by Gasteiger charge is 2.27. The molecule has 7 heteroatoms. The summed E-state index contributed by atoms with van der Waals surface area (Å²) in [6.07, 6.45) is 6.45. The molecule has 0 saturated carbocycles. The van der Waals surface area contributed by atoms with Gasteiger partial charge < -0.3 is 15.0 Å². The summed E-state index contributed by atoms with van der Waals surface area (Å²) < 4.78 is 1.66. The number of carboxylic acid groups (broad SMARTS) is 1. The fourth-order valence-electron chi connectivity index (χ4n) is 3.44. The predicted molar refractivity (Wildman–Crippen MR) is 91.7 cm³/mol. The Hall–Kier alpha value is -3.09. The van der Waals surface area contributed by atoms with Gasteiger partial charge in [0.2, 0.25) is 0 Å². The van der Waals surface area contributed by atoms with E-state index in [9.17, 15) is 9.59 Å². The molecule has 0 unspecified atom stereocenters. The minimum atomic E-state index is -0.992. The van der Waals surface area contributed by atoms with E-state index in [2.05, 4.69) is 10.1 Å². The third-order valence-corrected chi connectivity index (χ3v) is 4.72. The highest BCUT2D eigenvalue weighted by molar-refractivity contribution is 6.05. The van der Waals surface area contributed by atoms with E-state index in [1.54, 1.807) is 4.68 Å². The highest BCUT2D eigenvalue weighted by Crippen LogP contribution is 2.25. The quantitative estimate of drug-likeness (QED) is 0.768. The molecule has 0 bridgehead atoms. The number of hydrogen-bond acceptors (Lipinski definition) is 3. The summed E-state index contributed by atoms with van der Waals surface area (Å²) in [7, 11) is 0. The third kappa shape index (κ3) is 2.77. The maximum Gasteiger partial charge on any atom is 0.338 e. The minimum Gasteiger partial charge on any atom is -0.478 e. The van der Waals surface area contributed by atoms with Crippen LogP contribution in [0.25, 0.3) is 10.9 Å². The van der Waals surface area contributed by atoms with E-state index in [4.69, 9.17) is 5.11 Å². The Morgan fingerprint density at radius 1 is 1.28 bits per heavy atom. The second-order valence-electron chi connectivity index (χ2n) is 6.31. The van der Waals surface area contributed by atoms with Crippen LogP contribution in [0.1, 0.15) is 39.6 Å². The van der Waals surface area contributed by atoms with Crippen molar-refractivity contribution in [1.82, 2.24) is 19.7 Å². The van der Waals surface area contributed by atoms with Gasteiger partial charge in [-0.05, 0) is 25.0 Å². The molecule has 25 heavy (non-hydrogen) atoms. The number of aromatic nitrogens is 3. The van der Waals surface area contributed by atoms with E-state index < -0.39 is 5.97 Å². The van der Waals surface area contributed by atoms with Crippen LogP contribution in [-0.4, -0.2) is 49.7 Å². The van der Waals surface area contributed by atoms with Gasteiger partial charge in [0.15, 0.2) is 0 Å². The molecule has 7 nitrogen and oxygen atoms in total. The molecule has 3 aromatic rings. The smallest absolute Gasteiger partial charge is 0.338 e. The number of H-pyrrole nitrogens is 1. The summed E-state index contributed by atoms with van der Waals surface area (Å²) in [6.45, 7) is 1.22. The first-order valence-electron chi connectivity index (χ1n) is 8.26. The van der Waals surface area contributed by atoms with Crippen LogP contribution in [0.2, 0.25) is 0 Å². The van der Waals surface area contributed by atoms with E-state index in [1.165, 1.54) is 12.4 Å². The van der Waals surface area contributed by atoms with E-state index in [-0.39, 0.29) is 17.5 Å². The molecule has 0 radical (unpaired) electrons. The van der Waals surface area contributed by atoms with Crippen LogP contribution >= 0.6 is 0 Å². The highest BCUT2D eigenvalue weighted by atomic mass is 16.4. The lowest BCUT2D eigenvalue weighted by Crippen LogP contribution is -2.41. The maximum atomic E-state index is 13.0. The minimum absolute atomic E-state index is 0.00588. The molecule has 1 saturated heterocycles. The zero-order valence-electron chi connectivity index (χ0n) is 13.6. The first kappa shape index (κ1) is 15.4. The second kappa shape index (κ2) is 6.08. The standard InChI is InChI=1S/C18H18N4O3/c23-17(15-5-1-3-12-6-7-19-16(12)15)21-8-2-4-14(11-21)22-10-13(9-20-22)18(24)25/h1,3,5-7,9-10,14,19H,2,4,8,11H2,(H,24,25)/t14-/m1/s1. The Bertz CT molecular complexity index is 943. The molecule has 1 aliphatic rings. The molecule has 3 heterocycles. The van der Waals surface area contributed by atoms with Gasteiger partial charge in [0.05, 0.1) is 28.9 Å². The molecule has 2 aromatic heterocycles. The molecule has 0 aliphatic carbocycles. The van der Waals surface area contributed by atoms with Crippen LogP contribution in [0, 0.1) is 0 Å². The molecule has 1 amide bonds. The number of aromatic amines is 1. The predicted octanol–water partition coefficient (Wildman–Crippen LogP) is 2.54. The summed E-state index contributed by atoms with van der Waals surface area (Å²) in [5.74, 6) is -1.00. The average Bonchev–Trinajstić information content (AvgIpc) is 3.30. The molecular weight excluding hydrogens is 320 g/mol. The lowest BCUT2D eigenvalue weighted by molar-refractivity contribution is 0.0667. The molecule has 1 aliphatic heterocycles. The fourth-order valence-corrected chi connectivity index (χ4v) is 3.44. The van der Waals surface area contributed by atoms with E-state index in [1.807, 2.05) is 35.4 Å². The van der Waals surface area contributed by atoms with Crippen molar-refractivity contribution >= 4 is 22.8 Å². The van der Waals surface area contributed by atoms with Gasteiger partial charge in [-0.1, -0.05) is 12.1 Å². The number of rotatable bonds is 3. The van der Waals surface area contributed by atoms with Crippen LogP contribution in [-0.2, 0) is 0 Å². The van der Waals surface area contributed by atoms with Crippen LogP contribution in [0.15, 0.2) is 42.9 Å². The molecule has 0 spiro atoms. The van der Waals surface area contributed by atoms with Crippen molar-refractivity contribution in [2.45, 2.75) is 18.9 Å². The van der Waals surface area contributed by atoms with Crippen molar-refractivity contribution in [3.63, 3.8) is 0 Å². The number of benzene rings is 1. The number of likely N-dealkylation sites (tertiary alicyclic amines) is 1.